The number of fused-ring (bicyclic) bond motifs is 1. The van der Waals surface area contributed by atoms with Crippen LogP contribution in [0.5, 0.6) is 0 Å². The molecule has 0 aliphatic carbocycles. The van der Waals surface area contributed by atoms with Crippen LogP contribution in [0.25, 0.3) is 10.2 Å². The molecule has 3 rings (SSSR count). The predicted octanol–water partition coefficient (Wildman–Crippen LogP) is 2.73. The molecule has 0 radical (unpaired) electrons. The lowest BCUT2D eigenvalue weighted by Crippen LogP contribution is -2.12. The molecule has 18 heavy (non-hydrogen) atoms. The van der Waals surface area contributed by atoms with Crippen LogP contribution in [0.1, 0.15) is 24.6 Å². The van der Waals surface area contributed by atoms with Crippen LogP contribution in [-0.4, -0.2) is 23.2 Å². The Morgan fingerprint density at radius 1 is 1.44 bits per heavy atom. The largest absolute Gasteiger partial charge is 0.381 e. The van der Waals surface area contributed by atoms with E-state index >= 15 is 0 Å². The minimum atomic E-state index is -0.0481. The molecule has 0 amide bonds. The summed E-state index contributed by atoms with van der Waals surface area (Å²) in [6, 6.07) is 1.91. The van der Waals surface area contributed by atoms with E-state index in [4.69, 9.17) is 4.74 Å². The predicted molar refractivity (Wildman–Crippen MR) is 74.2 cm³/mol. The van der Waals surface area contributed by atoms with Crippen LogP contribution >= 0.6 is 11.3 Å². The quantitative estimate of drug-likeness (QED) is 0.797. The first-order valence-corrected chi connectivity index (χ1v) is 7.00. The standard InChI is InChI=1S/C7H6N2OS.C6H12O/c1-4-2-5-6(11-4)7(10)9-3-8-5;1-6-2-4-7-5-3-6/h2-3H,1H3,(H,8,9,10);6H,2-5H2,1H3. The SMILES string of the molecule is CC1CCOCC1.Cc1cc2nc[nH]c(=O)c2s1. The van der Waals surface area contributed by atoms with E-state index in [0.29, 0.717) is 4.70 Å². The maximum absolute atomic E-state index is 11.1. The molecule has 0 spiro atoms. The maximum atomic E-state index is 11.1. The summed E-state index contributed by atoms with van der Waals surface area (Å²) in [5.74, 6) is 0.911. The number of nitrogens with one attached hydrogen (secondary N) is 1. The Balaban J connectivity index is 0.000000149. The first kappa shape index (κ1) is 13.2. The molecule has 1 aliphatic rings. The van der Waals surface area contributed by atoms with Gasteiger partial charge in [-0.3, -0.25) is 4.79 Å². The fourth-order valence-electron chi connectivity index (χ4n) is 1.80. The topological polar surface area (TPSA) is 55.0 Å². The van der Waals surface area contributed by atoms with Crippen molar-refractivity contribution in [2.45, 2.75) is 26.7 Å². The molecule has 0 bridgehead atoms. The van der Waals surface area contributed by atoms with Gasteiger partial charge in [0.1, 0.15) is 4.70 Å². The van der Waals surface area contributed by atoms with E-state index in [0.717, 1.165) is 29.5 Å². The zero-order valence-electron chi connectivity index (χ0n) is 10.7. The number of nitrogens with zero attached hydrogens (tertiary/aromatic N) is 1. The van der Waals surface area contributed by atoms with Gasteiger partial charge in [-0.25, -0.2) is 4.98 Å². The average molecular weight is 266 g/mol. The van der Waals surface area contributed by atoms with Crippen molar-refractivity contribution in [3.05, 3.63) is 27.6 Å². The van der Waals surface area contributed by atoms with Gasteiger partial charge in [0.15, 0.2) is 0 Å². The summed E-state index contributed by atoms with van der Waals surface area (Å²) in [6.07, 6.45) is 3.96. The smallest absolute Gasteiger partial charge is 0.268 e. The van der Waals surface area contributed by atoms with Crippen molar-refractivity contribution in [3.8, 4) is 0 Å². The van der Waals surface area contributed by atoms with Crippen molar-refractivity contribution >= 4 is 21.6 Å². The van der Waals surface area contributed by atoms with Crippen LogP contribution in [0.2, 0.25) is 0 Å². The lowest BCUT2D eigenvalue weighted by Gasteiger charge is -2.16. The molecule has 1 N–H and O–H groups in total. The van der Waals surface area contributed by atoms with Crippen molar-refractivity contribution in [2.24, 2.45) is 5.92 Å². The number of aromatic nitrogens is 2. The van der Waals surface area contributed by atoms with E-state index in [1.165, 1.54) is 30.5 Å². The number of thiophene rings is 1. The molecule has 0 atom stereocenters. The molecule has 3 heterocycles. The number of rotatable bonds is 0. The van der Waals surface area contributed by atoms with Gasteiger partial charge in [-0.05, 0) is 31.7 Å². The van der Waals surface area contributed by atoms with Gasteiger partial charge >= 0.3 is 0 Å². The molecular weight excluding hydrogens is 248 g/mol. The van der Waals surface area contributed by atoms with Crippen molar-refractivity contribution in [3.63, 3.8) is 0 Å². The second-order valence-electron chi connectivity index (χ2n) is 4.60. The number of aryl methyl sites for hydroxylation is 1. The minimum absolute atomic E-state index is 0.0481. The van der Waals surface area contributed by atoms with Gasteiger partial charge in [-0.2, -0.15) is 0 Å². The average Bonchev–Trinajstić information content (AvgIpc) is 2.73. The Morgan fingerprint density at radius 2 is 2.17 bits per heavy atom. The van der Waals surface area contributed by atoms with E-state index in [9.17, 15) is 4.79 Å². The molecule has 0 saturated carbocycles. The zero-order chi connectivity index (χ0) is 13.0. The summed E-state index contributed by atoms with van der Waals surface area (Å²) < 4.78 is 5.85. The first-order valence-electron chi connectivity index (χ1n) is 6.18. The van der Waals surface area contributed by atoms with Gasteiger partial charge in [-0.1, -0.05) is 6.92 Å². The highest BCUT2D eigenvalue weighted by Gasteiger charge is 2.06. The Hall–Kier alpha value is -1.20. The molecule has 2 aromatic heterocycles. The van der Waals surface area contributed by atoms with Gasteiger partial charge < -0.3 is 9.72 Å². The molecule has 5 heteroatoms. The maximum Gasteiger partial charge on any atom is 0.268 e. The van der Waals surface area contributed by atoms with Crippen LogP contribution in [0.3, 0.4) is 0 Å². The summed E-state index contributed by atoms with van der Waals surface area (Å²) in [5, 5.41) is 0. The molecule has 2 aromatic rings. The number of hydrogen-bond donors (Lipinski definition) is 1. The second-order valence-corrected chi connectivity index (χ2v) is 5.85. The minimum Gasteiger partial charge on any atom is -0.381 e. The third-order valence-corrected chi connectivity index (χ3v) is 3.99. The fourth-order valence-corrected chi connectivity index (χ4v) is 2.66. The second kappa shape index (κ2) is 6.11. The van der Waals surface area contributed by atoms with Crippen molar-refractivity contribution in [1.29, 1.82) is 0 Å². The van der Waals surface area contributed by atoms with Crippen LogP contribution < -0.4 is 5.56 Å². The van der Waals surface area contributed by atoms with Crippen molar-refractivity contribution < 1.29 is 4.74 Å². The van der Waals surface area contributed by atoms with E-state index in [-0.39, 0.29) is 5.56 Å². The molecule has 0 unspecified atom stereocenters. The Morgan fingerprint density at radius 3 is 2.72 bits per heavy atom. The van der Waals surface area contributed by atoms with Gasteiger partial charge in [-0.15, -0.1) is 11.3 Å². The molecule has 4 nitrogen and oxygen atoms in total. The normalized spacial score (nSPS) is 16.3. The Kier molecular flexibility index (Phi) is 4.49. The summed E-state index contributed by atoms with van der Waals surface area (Å²) in [4.78, 5) is 18.8. The molecule has 1 fully saturated rings. The van der Waals surface area contributed by atoms with Gasteiger partial charge in [0.2, 0.25) is 0 Å². The van der Waals surface area contributed by atoms with Crippen molar-refractivity contribution in [1.82, 2.24) is 9.97 Å². The van der Waals surface area contributed by atoms with Crippen LogP contribution in [0, 0.1) is 12.8 Å². The third-order valence-electron chi connectivity index (χ3n) is 2.95. The number of hydrogen-bond acceptors (Lipinski definition) is 4. The van der Waals surface area contributed by atoms with Gasteiger partial charge in [0.05, 0.1) is 11.8 Å². The lowest BCUT2D eigenvalue weighted by atomic mass is 10.0. The zero-order valence-corrected chi connectivity index (χ0v) is 11.5. The Labute approximate surface area is 110 Å². The molecular formula is C13H18N2O2S. The Bertz CT molecular complexity index is 555. The summed E-state index contributed by atoms with van der Waals surface area (Å²) in [5.41, 5.74) is 0.740. The molecule has 0 aromatic carbocycles. The van der Waals surface area contributed by atoms with Crippen LogP contribution in [0.15, 0.2) is 17.2 Å². The van der Waals surface area contributed by atoms with Crippen molar-refractivity contribution in [2.75, 3.05) is 13.2 Å². The highest BCUT2D eigenvalue weighted by Crippen LogP contribution is 2.18. The lowest BCUT2D eigenvalue weighted by molar-refractivity contribution is 0.0716. The number of aromatic amines is 1. The van der Waals surface area contributed by atoms with Gasteiger partial charge in [0, 0.05) is 18.1 Å². The summed E-state index contributed by atoms with van der Waals surface area (Å²) in [7, 11) is 0. The highest BCUT2D eigenvalue weighted by molar-refractivity contribution is 7.18. The van der Waals surface area contributed by atoms with Crippen LogP contribution in [-0.2, 0) is 4.74 Å². The summed E-state index contributed by atoms with van der Waals surface area (Å²) in [6.45, 7) is 6.22. The number of H-pyrrole nitrogens is 1. The summed E-state index contributed by atoms with van der Waals surface area (Å²) >= 11 is 1.47. The monoisotopic (exact) mass is 266 g/mol. The third kappa shape index (κ3) is 3.40. The number of ether oxygens (including phenoxy) is 1. The molecule has 98 valence electrons. The molecule has 1 aliphatic heterocycles. The first-order chi connectivity index (χ1) is 8.66. The van der Waals surface area contributed by atoms with Crippen LogP contribution in [0.4, 0.5) is 0 Å². The van der Waals surface area contributed by atoms with E-state index in [2.05, 4.69) is 16.9 Å². The fraction of sp³-hybridized carbons (Fsp3) is 0.538. The van der Waals surface area contributed by atoms with Gasteiger partial charge in [0.25, 0.3) is 5.56 Å². The highest BCUT2D eigenvalue weighted by atomic mass is 32.1. The van der Waals surface area contributed by atoms with E-state index < -0.39 is 0 Å². The molecule has 1 saturated heterocycles. The van der Waals surface area contributed by atoms with E-state index in [1.807, 2.05) is 13.0 Å². The van der Waals surface area contributed by atoms with E-state index in [1.54, 1.807) is 0 Å².